The maximum atomic E-state index is 5.95. The molecule has 5 heteroatoms. The monoisotopic (exact) mass is 332 g/mol. The number of rotatable bonds is 4. The molecule has 0 aliphatic heterocycles. The van der Waals surface area contributed by atoms with Crippen LogP contribution in [0.15, 0.2) is 49.2 Å². The van der Waals surface area contributed by atoms with Crippen LogP contribution in [-0.4, -0.2) is 19.9 Å². The predicted octanol–water partition coefficient (Wildman–Crippen LogP) is 3.78. The summed E-state index contributed by atoms with van der Waals surface area (Å²) < 4.78 is 5.95. The lowest BCUT2D eigenvalue weighted by Gasteiger charge is -2.14. The van der Waals surface area contributed by atoms with E-state index in [-0.39, 0.29) is 0 Å². The van der Waals surface area contributed by atoms with Crippen LogP contribution in [0.4, 0.5) is 0 Å². The number of fused-ring (bicyclic) bond motifs is 1. The van der Waals surface area contributed by atoms with Gasteiger partial charge in [-0.15, -0.1) is 0 Å². The van der Waals surface area contributed by atoms with Crippen molar-refractivity contribution in [3.05, 3.63) is 66.1 Å². The van der Waals surface area contributed by atoms with Crippen molar-refractivity contribution in [3.8, 4) is 17.0 Å². The van der Waals surface area contributed by atoms with Crippen LogP contribution in [0.3, 0.4) is 0 Å². The average Bonchev–Trinajstić information content (AvgIpc) is 2.93. The molecule has 0 bridgehead atoms. The Morgan fingerprint density at radius 2 is 1.88 bits per heavy atom. The predicted molar refractivity (Wildman–Crippen MR) is 95.1 cm³/mol. The van der Waals surface area contributed by atoms with Crippen LogP contribution in [0.2, 0.25) is 0 Å². The molecule has 0 fully saturated rings. The van der Waals surface area contributed by atoms with Crippen LogP contribution in [0.1, 0.15) is 36.2 Å². The van der Waals surface area contributed by atoms with Crippen molar-refractivity contribution in [2.75, 3.05) is 0 Å². The number of hydrogen-bond donors (Lipinski definition) is 0. The van der Waals surface area contributed by atoms with Crippen molar-refractivity contribution >= 4 is 0 Å². The Bertz CT molecular complexity index is 837. The minimum absolute atomic E-state index is 0.414. The average molecular weight is 332 g/mol. The Kier molecular flexibility index (Phi) is 4.63. The summed E-state index contributed by atoms with van der Waals surface area (Å²) in [4.78, 5) is 17.4. The molecule has 3 heterocycles. The van der Waals surface area contributed by atoms with Crippen molar-refractivity contribution in [1.82, 2.24) is 19.9 Å². The molecule has 3 aromatic heterocycles. The van der Waals surface area contributed by atoms with Gasteiger partial charge in [0.2, 0.25) is 5.88 Å². The van der Waals surface area contributed by atoms with E-state index in [4.69, 9.17) is 9.72 Å². The van der Waals surface area contributed by atoms with Crippen molar-refractivity contribution in [3.63, 3.8) is 0 Å². The summed E-state index contributed by atoms with van der Waals surface area (Å²) >= 11 is 0. The van der Waals surface area contributed by atoms with Gasteiger partial charge in [-0.1, -0.05) is 12.5 Å². The molecule has 0 saturated carbocycles. The molecule has 126 valence electrons. The highest BCUT2D eigenvalue weighted by molar-refractivity contribution is 5.68. The first-order chi connectivity index (χ1) is 12.4. The SMILES string of the molecule is c1ccc(COc2cc(-c3cncnc3)c3c(n2)CCCCC3)nc1. The van der Waals surface area contributed by atoms with Crippen molar-refractivity contribution in [2.45, 2.75) is 38.7 Å². The van der Waals surface area contributed by atoms with Gasteiger partial charge in [-0.25, -0.2) is 15.0 Å². The summed E-state index contributed by atoms with van der Waals surface area (Å²) in [6.07, 6.45) is 12.7. The van der Waals surface area contributed by atoms with E-state index in [0.29, 0.717) is 12.5 Å². The first kappa shape index (κ1) is 15.7. The molecule has 3 aromatic rings. The number of pyridine rings is 2. The largest absolute Gasteiger partial charge is 0.471 e. The highest BCUT2D eigenvalue weighted by atomic mass is 16.5. The molecule has 0 spiro atoms. The molecule has 4 rings (SSSR count). The fourth-order valence-electron chi connectivity index (χ4n) is 3.26. The Morgan fingerprint density at radius 3 is 2.72 bits per heavy atom. The van der Waals surface area contributed by atoms with Gasteiger partial charge in [-0.2, -0.15) is 0 Å². The molecule has 0 radical (unpaired) electrons. The number of hydrogen-bond acceptors (Lipinski definition) is 5. The van der Waals surface area contributed by atoms with Crippen molar-refractivity contribution in [2.24, 2.45) is 0 Å². The first-order valence-corrected chi connectivity index (χ1v) is 8.71. The van der Waals surface area contributed by atoms with Crippen LogP contribution < -0.4 is 4.74 Å². The molecule has 0 amide bonds. The van der Waals surface area contributed by atoms with E-state index in [1.54, 1.807) is 12.5 Å². The fourth-order valence-corrected chi connectivity index (χ4v) is 3.26. The molecule has 0 atom stereocenters. The molecule has 0 unspecified atom stereocenters. The summed E-state index contributed by atoms with van der Waals surface area (Å²) in [5.41, 5.74) is 5.52. The highest BCUT2D eigenvalue weighted by Gasteiger charge is 2.17. The zero-order valence-corrected chi connectivity index (χ0v) is 14.1. The van der Waals surface area contributed by atoms with Gasteiger partial charge in [-0.3, -0.25) is 4.98 Å². The van der Waals surface area contributed by atoms with Gasteiger partial charge in [-0.05, 0) is 48.9 Å². The van der Waals surface area contributed by atoms with Gasteiger partial charge in [0, 0.05) is 35.9 Å². The summed E-state index contributed by atoms with van der Waals surface area (Å²) in [7, 11) is 0. The second-order valence-corrected chi connectivity index (χ2v) is 6.23. The standard InChI is InChI=1S/C20H20N4O/c1-2-7-17-18(15-11-21-14-22-12-15)10-20(24-19(17)8-3-1)25-13-16-6-4-5-9-23-16/h4-6,9-12,14H,1-3,7-8,13H2. The van der Waals surface area contributed by atoms with Gasteiger partial charge in [0.1, 0.15) is 12.9 Å². The molecular formula is C20H20N4O. The maximum absolute atomic E-state index is 5.95. The van der Waals surface area contributed by atoms with Crippen molar-refractivity contribution in [1.29, 1.82) is 0 Å². The Morgan fingerprint density at radius 1 is 1.00 bits per heavy atom. The number of ether oxygens (including phenoxy) is 1. The van der Waals surface area contributed by atoms with Crippen LogP contribution in [0.5, 0.6) is 5.88 Å². The van der Waals surface area contributed by atoms with Gasteiger partial charge in [0.15, 0.2) is 0 Å². The Hall–Kier alpha value is -2.82. The van der Waals surface area contributed by atoms with Gasteiger partial charge in [0.25, 0.3) is 0 Å². The number of aromatic nitrogens is 4. The Labute approximate surface area is 147 Å². The lowest BCUT2D eigenvalue weighted by Crippen LogP contribution is -2.04. The third-order valence-corrected chi connectivity index (χ3v) is 4.49. The molecule has 0 N–H and O–H groups in total. The van der Waals surface area contributed by atoms with Crippen LogP contribution in [0, 0.1) is 0 Å². The third kappa shape index (κ3) is 3.65. The van der Waals surface area contributed by atoms with E-state index in [2.05, 4.69) is 15.0 Å². The normalized spacial score (nSPS) is 13.8. The van der Waals surface area contributed by atoms with E-state index >= 15 is 0 Å². The summed E-state index contributed by atoms with van der Waals surface area (Å²) in [5, 5.41) is 0. The molecule has 25 heavy (non-hydrogen) atoms. The molecular weight excluding hydrogens is 312 g/mol. The lowest BCUT2D eigenvalue weighted by molar-refractivity contribution is 0.288. The van der Waals surface area contributed by atoms with Gasteiger partial charge in [0.05, 0.1) is 5.69 Å². The first-order valence-electron chi connectivity index (χ1n) is 8.71. The number of aryl methyl sites for hydroxylation is 1. The molecule has 5 nitrogen and oxygen atoms in total. The quantitative estimate of drug-likeness (QED) is 0.680. The number of nitrogens with zero attached hydrogens (tertiary/aromatic N) is 4. The molecule has 0 aromatic carbocycles. The van der Waals surface area contributed by atoms with Crippen LogP contribution in [-0.2, 0) is 19.4 Å². The zero-order chi connectivity index (χ0) is 16.9. The van der Waals surface area contributed by atoms with E-state index in [1.807, 2.05) is 36.7 Å². The maximum Gasteiger partial charge on any atom is 0.214 e. The third-order valence-electron chi connectivity index (χ3n) is 4.49. The van der Waals surface area contributed by atoms with Gasteiger partial charge >= 0.3 is 0 Å². The second kappa shape index (κ2) is 7.38. The van der Waals surface area contributed by atoms with E-state index in [9.17, 15) is 0 Å². The van der Waals surface area contributed by atoms with Crippen LogP contribution >= 0.6 is 0 Å². The molecule has 1 aliphatic carbocycles. The topological polar surface area (TPSA) is 60.8 Å². The summed E-state index contributed by atoms with van der Waals surface area (Å²) in [6, 6.07) is 7.84. The van der Waals surface area contributed by atoms with Gasteiger partial charge < -0.3 is 4.74 Å². The zero-order valence-electron chi connectivity index (χ0n) is 14.1. The minimum atomic E-state index is 0.414. The molecule has 1 aliphatic rings. The van der Waals surface area contributed by atoms with E-state index in [0.717, 1.165) is 35.4 Å². The minimum Gasteiger partial charge on any atom is -0.471 e. The summed E-state index contributed by atoms with van der Waals surface area (Å²) in [6.45, 7) is 0.414. The lowest BCUT2D eigenvalue weighted by atomic mass is 9.98. The van der Waals surface area contributed by atoms with E-state index < -0.39 is 0 Å². The smallest absolute Gasteiger partial charge is 0.214 e. The second-order valence-electron chi connectivity index (χ2n) is 6.23. The molecule has 0 saturated heterocycles. The van der Waals surface area contributed by atoms with Crippen LogP contribution in [0.25, 0.3) is 11.1 Å². The van der Waals surface area contributed by atoms with E-state index in [1.165, 1.54) is 24.8 Å². The fraction of sp³-hybridized carbons (Fsp3) is 0.300. The van der Waals surface area contributed by atoms with Crippen molar-refractivity contribution < 1.29 is 4.74 Å². The highest BCUT2D eigenvalue weighted by Crippen LogP contribution is 2.32. The summed E-state index contributed by atoms with van der Waals surface area (Å²) in [5.74, 6) is 0.644. The Balaban J connectivity index is 1.69.